The van der Waals surface area contributed by atoms with Crippen LogP contribution < -0.4 is 0 Å². The van der Waals surface area contributed by atoms with Gasteiger partial charge in [0.25, 0.3) is 0 Å². The fourth-order valence-electron chi connectivity index (χ4n) is 0.416. The molecule has 0 heterocycles. The van der Waals surface area contributed by atoms with Crippen molar-refractivity contribution in [1.29, 1.82) is 0 Å². The normalized spacial score (nSPS) is 10.8. The van der Waals surface area contributed by atoms with Gasteiger partial charge >= 0.3 is 0 Å². The molecule has 0 aliphatic rings. The number of hydrogen-bond acceptors (Lipinski definition) is 3. The molecule has 3 nitrogen and oxygen atoms in total. The first-order valence-electron chi connectivity index (χ1n) is 3.21. The van der Waals surface area contributed by atoms with Crippen LogP contribution in [0.2, 0.25) is 0 Å². The van der Waals surface area contributed by atoms with Crippen molar-refractivity contribution < 1.29 is 9.57 Å². The Morgan fingerprint density at radius 2 is 2.40 bits per heavy atom. The number of nitrogens with zero attached hydrogens (tertiary/aromatic N) is 1. The third-order valence-electron chi connectivity index (χ3n) is 0.739. The third kappa shape index (κ3) is 5.15. The molecule has 0 aliphatic carbocycles. The molecule has 0 fully saturated rings. The van der Waals surface area contributed by atoms with Crippen molar-refractivity contribution in [2.45, 2.75) is 13.8 Å². The Bertz CT molecular complexity index is 121. The third-order valence-corrected chi connectivity index (χ3v) is 0.739. The highest BCUT2D eigenvalue weighted by Crippen LogP contribution is 1.83. The van der Waals surface area contributed by atoms with E-state index in [0.29, 0.717) is 19.1 Å². The first-order valence-corrected chi connectivity index (χ1v) is 3.21. The number of rotatable bonds is 4. The molecule has 58 valence electrons. The molecule has 0 radical (unpaired) electrons. The van der Waals surface area contributed by atoms with Gasteiger partial charge in [-0.25, -0.2) is 0 Å². The van der Waals surface area contributed by atoms with E-state index in [-0.39, 0.29) is 0 Å². The molecular formula is C7H13NO2. The second-order valence-electron chi connectivity index (χ2n) is 1.63. The Hall–Kier alpha value is -0.990. The first-order chi connectivity index (χ1) is 4.81. The summed E-state index contributed by atoms with van der Waals surface area (Å²) in [6.07, 6.45) is 1.63. The van der Waals surface area contributed by atoms with E-state index in [0.717, 1.165) is 0 Å². The molecule has 0 aromatic rings. The summed E-state index contributed by atoms with van der Waals surface area (Å²) in [6.45, 7) is 8.15. The molecular weight excluding hydrogens is 130 g/mol. The standard InChI is InChI=1S/C7H13NO2/c1-4-6-10-8-7(3)9-5-2/h4H,1,5-6H2,2-3H3. The molecule has 0 aliphatic heterocycles. The van der Waals surface area contributed by atoms with Gasteiger partial charge in [-0.3, -0.25) is 0 Å². The van der Waals surface area contributed by atoms with Gasteiger partial charge in [-0.1, -0.05) is 17.8 Å². The molecule has 0 N–H and O–H groups in total. The molecule has 0 aromatic heterocycles. The Labute approximate surface area is 61.3 Å². The summed E-state index contributed by atoms with van der Waals surface area (Å²) in [4.78, 5) is 4.74. The molecule has 10 heavy (non-hydrogen) atoms. The molecule has 0 aromatic carbocycles. The fraction of sp³-hybridized carbons (Fsp3) is 0.571. The highest BCUT2D eigenvalue weighted by molar-refractivity contribution is 5.72. The molecule has 0 spiro atoms. The summed E-state index contributed by atoms with van der Waals surface area (Å²) in [6, 6.07) is 0. The predicted molar refractivity (Wildman–Crippen MR) is 40.9 cm³/mol. The number of ether oxygens (including phenoxy) is 1. The van der Waals surface area contributed by atoms with E-state index < -0.39 is 0 Å². The molecule has 0 rings (SSSR count). The first kappa shape index (κ1) is 9.01. The maximum absolute atomic E-state index is 4.98. The van der Waals surface area contributed by atoms with Gasteiger partial charge in [0.2, 0.25) is 5.90 Å². The van der Waals surface area contributed by atoms with Crippen molar-refractivity contribution in [2.75, 3.05) is 13.2 Å². The van der Waals surface area contributed by atoms with E-state index >= 15 is 0 Å². The van der Waals surface area contributed by atoms with Crippen molar-refractivity contribution in [1.82, 2.24) is 0 Å². The SMILES string of the molecule is C=CCON=C(C)OCC. The van der Waals surface area contributed by atoms with Gasteiger partial charge in [-0.05, 0) is 6.92 Å². The average molecular weight is 143 g/mol. The smallest absolute Gasteiger partial charge is 0.222 e. The van der Waals surface area contributed by atoms with Crippen molar-refractivity contribution in [3.63, 3.8) is 0 Å². The lowest BCUT2D eigenvalue weighted by Gasteiger charge is -1.99. The molecule has 3 heteroatoms. The van der Waals surface area contributed by atoms with E-state index in [9.17, 15) is 0 Å². The molecule has 0 unspecified atom stereocenters. The van der Waals surface area contributed by atoms with Crippen LogP contribution in [0.5, 0.6) is 0 Å². The maximum Gasteiger partial charge on any atom is 0.222 e. The quantitative estimate of drug-likeness (QED) is 0.196. The molecule has 0 amide bonds. The Kier molecular flexibility index (Phi) is 5.53. The maximum atomic E-state index is 4.98. The summed E-state index contributed by atoms with van der Waals surface area (Å²) < 4.78 is 4.98. The van der Waals surface area contributed by atoms with Crippen LogP contribution in [0.3, 0.4) is 0 Å². The van der Waals surface area contributed by atoms with E-state index in [1.165, 1.54) is 0 Å². The zero-order valence-electron chi connectivity index (χ0n) is 6.46. The van der Waals surface area contributed by atoms with Gasteiger partial charge in [-0.2, -0.15) is 0 Å². The van der Waals surface area contributed by atoms with Crippen LogP contribution in [0, 0.1) is 0 Å². The second kappa shape index (κ2) is 6.13. The van der Waals surface area contributed by atoms with Crippen LogP contribution in [0.4, 0.5) is 0 Å². The Balaban J connectivity index is 3.36. The number of hydrogen-bond donors (Lipinski definition) is 0. The van der Waals surface area contributed by atoms with E-state index in [1.807, 2.05) is 6.92 Å². The second-order valence-corrected chi connectivity index (χ2v) is 1.63. The summed E-state index contributed by atoms with van der Waals surface area (Å²) in [7, 11) is 0. The number of oxime groups is 1. The zero-order chi connectivity index (χ0) is 7.82. The topological polar surface area (TPSA) is 30.8 Å². The average Bonchev–Trinajstić information content (AvgIpc) is 1.89. The van der Waals surface area contributed by atoms with Gasteiger partial charge in [0.05, 0.1) is 6.61 Å². The van der Waals surface area contributed by atoms with Crippen molar-refractivity contribution in [2.24, 2.45) is 5.16 Å². The lowest BCUT2D eigenvalue weighted by Crippen LogP contribution is -1.99. The molecule has 0 atom stereocenters. The van der Waals surface area contributed by atoms with Gasteiger partial charge < -0.3 is 9.57 Å². The van der Waals surface area contributed by atoms with E-state index in [4.69, 9.17) is 9.57 Å². The molecule has 0 saturated carbocycles. The minimum absolute atomic E-state index is 0.421. The van der Waals surface area contributed by atoms with Crippen LogP contribution in [0.15, 0.2) is 17.8 Å². The summed E-state index contributed by atoms with van der Waals surface area (Å²) in [5, 5.41) is 3.63. The minimum atomic E-state index is 0.421. The van der Waals surface area contributed by atoms with Gasteiger partial charge in [0.15, 0.2) is 0 Å². The molecule has 0 saturated heterocycles. The van der Waals surface area contributed by atoms with Crippen LogP contribution in [0.25, 0.3) is 0 Å². The summed E-state index contributed by atoms with van der Waals surface area (Å²) in [5.74, 6) is 0.546. The Morgan fingerprint density at radius 1 is 1.70 bits per heavy atom. The summed E-state index contributed by atoms with van der Waals surface area (Å²) >= 11 is 0. The monoisotopic (exact) mass is 143 g/mol. The van der Waals surface area contributed by atoms with Crippen LogP contribution >= 0.6 is 0 Å². The summed E-state index contributed by atoms with van der Waals surface area (Å²) in [5.41, 5.74) is 0. The van der Waals surface area contributed by atoms with E-state index in [1.54, 1.807) is 13.0 Å². The lowest BCUT2D eigenvalue weighted by atomic mass is 10.7. The minimum Gasteiger partial charge on any atom is -0.479 e. The van der Waals surface area contributed by atoms with Crippen molar-refractivity contribution in [3.8, 4) is 0 Å². The van der Waals surface area contributed by atoms with E-state index in [2.05, 4.69) is 11.7 Å². The van der Waals surface area contributed by atoms with Crippen LogP contribution in [-0.4, -0.2) is 19.1 Å². The fourth-order valence-corrected chi connectivity index (χ4v) is 0.416. The van der Waals surface area contributed by atoms with Gasteiger partial charge in [-0.15, -0.1) is 0 Å². The molecule has 0 bridgehead atoms. The largest absolute Gasteiger partial charge is 0.479 e. The van der Waals surface area contributed by atoms with Crippen molar-refractivity contribution >= 4 is 5.90 Å². The van der Waals surface area contributed by atoms with Gasteiger partial charge in [0, 0.05) is 6.92 Å². The van der Waals surface area contributed by atoms with Gasteiger partial charge in [0.1, 0.15) is 6.61 Å². The van der Waals surface area contributed by atoms with Crippen LogP contribution in [0.1, 0.15) is 13.8 Å². The highest BCUT2D eigenvalue weighted by atomic mass is 16.6. The predicted octanol–water partition coefficient (Wildman–Crippen LogP) is 1.56. The zero-order valence-corrected chi connectivity index (χ0v) is 6.46. The highest BCUT2D eigenvalue weighted by Gasteiger charge is 1.86. The lowest BCUT2D eigenvalue weighted by molar-refractivity contribution is 0.159. The van der Waals surface area contributed by atoms with Crippen LogP contribution in [-0.2, 0) is 9.57 Å². The van der Waals surface area contributed by atoms with Crippen molar-refractivity contribution in [3.05, 3.63) is 12.7 Å². The Morgan fingerprint density at radius 3 is 2.90 bits per heavy atom.